The Labute approximate surface area is 243 Å². The van der Waals surface area contributed by atoms with E-state index in [9.17, 15) is 23.6 Å². The zero-order valence-corrected chi connectivity index (χ0v) is 25.3. The lowest BCUT2D eigenvalue weighted by Crippen LogP contribution is -2.44. The van der Waals surface area contributed by atoms with Crippen molar-refractivity contribution < 1.29 is 27.8 Å². The normalized spacial score (nSPS) is 15.6. The predicted molar refractivity (Wildman–Crippen MR) is 160 cm³/mol. The minimum Gasteiger partial charge on any atom is -0.490 e. The van der Waals surface area contributed by atoms with E-state index in [4.69, 9.17) is 9.47 Å². The van der Waals surface area contributed by atoms with Crippen molar-refractivity contribution in [1.29, 1.82) is 5.26 Å². The number of nitrogens with one attached hydrogen (secondary N) is 1. The first-order chi connectivity index (χ1) is 19.3. The number of nitriles is 1. The fraction of sp³-hybridized carbons (Fsp3) is 0.484. The number of benzene rings is 2. The molecule has 0 bridgehead atoms. The first kappa shape index (κ1) is 32.0. The van der Waals surface area contributed by atoms with Crippen LogP contribution in [0, 0.1) is 11.3 Å². The molecule has 0 saturated carbocycles. The van der Waals surface area contributed by atoms with Gasteiger partial charge in [-0.25, -0.2) is 13.2 Å². The van der Waals surface area contributed by atoms with Crippen LogP contribution in [0.3, 0.4) is 0 Å². The molecule has 1 heterocycles. The van der Waals surface area contributed by atoms with Gasteiger partial charge in [0.15, 0.2) is 0 Å². The Morgan fingerprint density at radius 3 is 2.51 bits per heavy atom. The fourth-order valence-electron chi connectivity index (χ4n) is 4.51. The first-order valence-electron chi connectivity index (χ1n) is 14.0. The molecule has 0 radical (unpaired) electrons. The van der Waals surface area contributed by atoms with E-state index in [1.54, 1.807) is 48.2 Å². The van der Waals surface area contributed by atoms with Crippen LogP contribution in [0.2, 0.25) is 0 Å². The maximum atomic E-state index is 12.4. The maximum absolute atomic E-state index is 12.4. The molecule has 0 aromatic heterocycles. The number of carbonyl (C=O) groups is 1. The van der Waals surface area contributed by atoms with Crippen molar-refractivity contribution in [2.45, 2.75) is 78.1 Å². The molecule has 1 amide bonds. The second-order valence-electron chi connectivity index (χ2n) is 11.1. The third-order valence-corrected chi connectivity index (χ3v) is 8.03. The Bertz CT molecular complexity index is 1380. The molecule has 1 aliphatic heterocycles. The molecule has 9 nitrogen and oxygen atoms in total. The second-order valence-corrected chi connectivity index (χ2v) is 13.2. The third kappa shape index (κ3) is 9.80. The number of aliphatic hydroxyl groups is 1. The number of likely N-dealkylation sites (tertiary alicyclic amines) is 1. The van der Waals surface area contributed by atoms with Crippen LogP contribution in [0.25, 0.3) is 6.08 Å². The fourth-order valence-corrected chi connectivity index (χ4v) is 5.19. The van der Waals surface area contributed by atoms with Crippen molar-refractivity contribution in [3.8, 4) is 11.8 Å². The zero-order valence-electron chi connectivity index (χ0n) is 24.5. The summed E-state index contributed by atoms with van der Waals surface area (Å²) < 4.78 is 39.1. The van der Waals surface area contributed by atoms with E-state index in [0.29, 0.717) is 54.9 Å². The minimum absolute atomic E-state index is 0.0845. The van der Waals surface area contributed by atoms with Crippen LogP contribution in [0.5, 0.6) is 5.75 Å². The van der Waals surface area contributed by atoms with Crippen LogP contribution < -0.4 is 9.46 Å². The van der Waals surface area contributed by atoms with Crippen LogP contribution in [0.15, 0.2) is 48.0 Å². The molecule has 41 heavy (non-hydrogen) atoms. The highest BCUT2D eigenvalue weighted by Gasteiger charge is 2.28. The molecule has 222 valence electrons. The molecule has 1 fully saturated rings. The quantitative estimate of drug-likeness (QED) is 0.378. The van der Waals surface area contributed by atoms with Gasteiger partial charge in [-0.15, -0.1) is 0 Å². The van der Waals surface area contributed by atoms with E-state index in [0.717, 1.165) is 11.1 Å². The number of carbonyl (C=O) groups excluding carboxylic acids is 1. The summed E-state index contributed by atoms with van der Waals surface area (Å²) in [6.45, 7) is 10.0. The number of hydrogen-bond acceptors (Lipinski definition) is 7. The number of hydrogen-bond donors (Lipinski definition) is 2. The Balaban J connectivity index is 1.78. The number of aliphatic hydroxyl groups excluding tert-OH is 1. The smallest absolute Gasteiger partial charge is 0.410 e. The molecule has 2 N–H and O–H groups in total. The summed E-state index contributed by atoms with van der Waals surface area (Å²) in [5.41, 5.74) is 2.52. The van der Waals surface area contributed by atoms with E-state index in [2.05, 4.69) is 10.8 Å². The average molecular weight is 584 g/mol. The van der Waals surface area contributed by atoms with E-state index in [-0.39, 0.29) is 24.4 Å². The molecule has 3 rings (SSSR count). The van der Waals surface area contributed by atoms with Gasteiger partial charge in [0.1, 0.15) is 17.5 Å². The molecule has 1 saturated heterocycles. The van der Waals surface area contributed by atoms with Crippen molar-refractivity contribution >= 4 is 27.9 Å². The molecule has 1 unspecified atom stereocenters. The molecular formula is C31H41N3O6S. The van der Waals surface area contributed by atoms with Gasteiger partial charge in [-0.3, -0.25) is 4.72 Å². The third-order valence-electron chi connectivity index (χ3n) is 6.74. The molecule has 10 heteroatoms. The average Bonchev–Trinajstić information content (AvgIpc) is 2.92. The van der Waals surface area contributed by atoms with Crippen LogP contribution in [0.4, 0.5) is 10.5 Å². The number of piperidine rings is 1. The number of amides is 1. The molecule has 2 aromatic carbocycles. The highest BCUT2D eigenvalue weighted by Crippen LogP contribution is 2.29. The lowest BCUT2D eigenvalue weighted by atomic mass is 9.96. The van der Waals surface area contributed by atoms with E-state index in [1.165, 1.54) is 0 Å². The zero-order chi connectivity index (χ0) is 30.2. The predicted octanol–water partition coefficient (Wildman–Crippen LogP) is 5.50. The largest absolute Gasteiger partial charge is 0.490 e. The van der Waals surface area contributed by atoms with Crippen molar-refractivity contribution in [2.75, 3.05) is 23.6 Å². The first-order valence-corrected chi connectivity index (χ1v) is 15.6. The summed E-state index contributed by atoms with van der Waals surface area (Å²) in [6.07, 6.45) is 2.51. The molecule has 0 aliphatic carbocycles. The Morgan fingerprint density at radius 1 is 1.20 bits per heavy atom. The highest BCUT2D eigenvalue weighted by atomic mass is 32.2. The lowest BCUT2D eigenvalue weighted by Gasteiger charge is -2.33. The summed E-state index contributed by atoms with van der Waals surface area (Å²) in [5.74, 6) is 0.477. The molecule has 2 aromatic rings. The maximum Gasteiger partial charge on any atom is 0.410 e. The summed E-state index contributed by atoms with van der Waals surface area (Å²) >= 11 is 0. The summed E-state index contributed by atoms with van der Waals surface area (Å²) in [7, 11) is -3.55. The standard InChI is InChI=1S/C31H41N3O6S/c1-6-24(18-22-9-8-10-23(17-22)21-32)29(35)20-25-19-27(11-12-28(25)33-41(37,38)7-2)39-26-13-15-34(16-14-26)30(36)40-31(3,4)5/h8-12,17-19,26,29,33,35H,6-7,13-16,20H2,1-5H3/b24-18+. The lowest BCUT2D eigenvalue weighted by molar-refractivity contribution is 0.0126. The molecule has 0 spiro atoms. The number of ether oxygens (including phenoxy) is 2. The topological polar surface area (TPSA) is 129 Å². The van der Waals surface area contributed by atoms with Crippen LogP contribution in [-0.2, 0) is 21.2 Å². The van der Waals surface area contributed by atoms with Crippen molar-refractivity contribution in [3.63, 3.8) is 0 Å². The summed E-state index contributed by atoms with van der Waals surface area (Å²) in [4.78, 5) is 14.1. The van der Waals surface area contributed by atoms with Gasteiger partial charge in [-0.1, -0.05) is 25.1 Å². The van der Waals surface area contributed by atoms with Gasteiger partial charge in [0.05, 0.1) is 29.2 Å². The van der Waals surface area contributed by atoms with Gasteiger partial charge in [0.25, 0.3) is 0 Å². The minimum atomic E-state index is -3.55. The van der Waals surface area contributed by atoms with Gasteiger partial charge in [-0.05, 0) is 81.1 Å². The number of sulfonamides is 1. The van der Waals surface area contributed by atoms with Crippen molar-refractivity contribution in [1.82, 2.24) is 4.90 Å². The number of anilines is 1. The number of rotatable bonds is 10. The number of nitrogens with zero attached hydrogens (tertiary/aromatic N) is 2. The van der Waals surface area contributed by atoms with Crippen LogP contribution in [-0.4, -0.2) is 61.2 Å². The van der Waals surface area contributed by atoms with E-state index < -0.39 is 21.7 Å². The Kier molecular flexibility index (Phi) is 10.8. The van der Waals surface area contributed by atoms with Crippen molar-refractivity contribution in [2.24, 2.45) is 0 Å². The molecular weight excluding hydrogens is 542 g/mol. The van der Waals surface area contributed by atoms with Crippen LogP contribution >= 0.6 is 0 Å². The SMILES string of the molecule is CC/C(=C\c1cccc(C#N)c1)C(O)Cc1cc(OC2CCN(C(=O)OC(C)(C)C)CC2)ccc1NS(=O)(=O)CC. The Hall–Kier alpha value is -3.55. The van der Waals surface area contributed by atoms with Gasteiger partial charge < -0.3 is 19.5 Å². The van der Waals surface area contributed by atoms with Gasteiger partial charge in [0, 0.05) is 32.4 Å². The van der Waals surface area contributed by atoms with E-state index >= 15 is 0 Å². The second kappa shape index (κ2) is 13.9. The summed E-state index contributed by atoms with van der Waals surface area (Å²) in [6, 6.07) is 14.4. The Morgan fingerprint density at radius 2 is 1.90 bits per heavy atom. The monoisotopic (exact) mass is 583 g/mol. The highest BCUT2D eigenvalue weighted by molar-refractivity contribution is 7.92. The molecule has 1 aliphatic rings. The van der Waals surface area contributed by atoms with E-state index in [1.807, 2.05) is 39.8 Å². The van der Waals surface area contributed by atoms with Gasteiger partial charge in [0.2, 0.25) is 10.0 Å². The van der Waals surface area contributed by atoms with Crippen molar-refractivity contribution in [3.05, 3.63) is 64.7 Å². The summed E-state index contributed by atoms with van der Waals surface area (Å²) in [5, 5.41) is 20.4. The van der Waals surface area contributed by atoms with Gasteiger partial charge >= 0.3 is 6.09 Å². The van der Waals surface area contributed by atoms with Crippen LogP contribution in [0.1, 0.15) is 70.6 Å². The molecule has 1 atom stereocenters. The van der Waals surface area contributed by atoms with Gasteiger partial charge in [-0.2, -0.15) is 5.26 Å².